The van der Waals surface area contributed by atoms with Crippen LogP contribution >= 0.6 is 47.2 Å². The summed E-state index contributed by atoms with van der Waals surface area (Å²) in [6.45, 7) is 0. The Morgan fingerprint density at radius 2 is 1.86 bits per heavy atom. The van der Waals surface area contributed by atoms with Gasteiger partial charge in [0.2, 0.25) is 0 Å². The summed E-state index contributed by atoms with van der Waals surface area (Å²) in [5.41, 5.74) is 1.59. The molecule has 0 unspecified atom stereocenters. The lowest BCUT2D eigenvalue weighted by atomic mass is 10.2. The van der Waals surface area contributed by atoms with Gasteiger partial charge in [-0.05, 0) is 48.1 Å². The molecule has 0 radical (unpaired) electrons. The number of halogens is 2. The van der Waals surface area contributed by atoms with Crippen molar-refractivity contribution in [2.45, 2.75) is 0 Å². The number of carbonyl (C=O) groups is 1. The van der Waals surface area contributed by atoms with Gasteiger partial charge in [0.1, 0.15) is 11.5 Å². The maximum absolute atomic E-state index is 12.7. The number of furan rings is 1. The van der Waals surface area contributed by atoms with E-state index in [0.29, 0.717) is 30.8 Å². The van der Waals surface area contributed by atoms with Crippen LogP contribution in [0.3, 0.4) is 0 Å². The van der Waals surface area contributed by atoms with Crippen molar-refractivity contribution in [2.24, 2.45) is 5.10 Å². The minimum atomic E-state index is -0.297. The number of hydrogen-bond donors (Lipinski definition) is 0. The number of hydrogen-bond acceptors (Lipinski definition) is 5. The highest BCUT2D eigenvalue weighted by Crippen LogP contribution is 2.35. The second-order valence-electron chi connectivity index (χ2n) is 5.97. The van der Waals surface area contributed by atoms with E-state index in [4.69, 9.17) is 39.8 Å². The molecule has 29 heavy (non-hydrogen) atoms. The van der Waals surface area contributed by atoms with Gasteiger partial charge in [-0.1, -0.05) is 65.3 Å². The second-order valence-corrected chi connectivity index (χ2v) is 8.49. The molecule has 0 N–H and O–H groups in total. The van der Waals surface area contributed by atoms with E-state index >= 15 is 0 Å². The zero-order chi connectivity index (χ0) is 20.4. The van der Waals surface area contributed by atoms with Crippen molar-refractivity contribution in [2.75, 3.05) is 0 Å². The van der Waals surface area contributed by atoms with Gasteiger partial charge in [-0.3, -0.25) is 4.79 Å². The molecule has 1 saturated heterocycles. The molecule has 0 aliphatic carbocycles. The Labute approximate surface area is 186 Å². The van der Waals surface area contributed by atoms with Crippen LogP contribution in [0.4, 0.5) is 0 Å². The highest BCUT2D eigenvalue weighted by Gasteiger charge is 2.32. The number of nitrogens with zero attached hydrogens (tertiary/aromatic N) is 2. The van der Waals surface area contributed by atoms with Crippen LogP contribution in [0.5, 0.6) is 0 Å². The van der Waals surface area contributed by atoms with Gasteiger partial charge in [-0.15, -0.1) is 0 Å². The van der Waals surface area contributed by atoms with Crippen molar-refractivity contribution in [3.8, 4) is 11.3 Å². The first-order valence-electron chi connectivity index (χ1n) is 8.43. The topological polar surface area (TPSA) is 45.8 Å². The summed E-state index contributed by atoms with van der Waals surface area (Å²) in [5, 5.41) is 6.46. The zero-order valence-electron chi connectivity index (χ0n) is 14.7. The van der Waals surface area contributed by atoms with E-state index in [0.717, 1.165) is 11.1 Å². The van der Waals surface area contributed by atoms with Crippen molar-refractivity contribution in [1.82, 2.24) is 5.01 Å². The van der Waals surface area contributed by atoms with Gasteiger partial charge in [0.25, 0.3) is 5.91 Å². The average Bonchev–Trinajstić information content (AvgIpc) is 3.26. The Hall–Kier alpha value is -2.38. The maximum atomic E-state index is 12.7. The minimum Gasteiger partial charge on any atom is -0.457 e. The van der Waals surface area contributed by atoms with E-state index in [1.165, 1.54) is 16.8 Å². The summed E-state index contributed by atoms with van der Waals surface area (Å²) in [6.07, 6.45) is 3.24. The Balaban J connectivity index is 1.55. The first kappa shape index (κ1) is 19.9. The number of carbonyl (C=O) groups excluding carboxylic acids is 1. The molecule has 4 rings (SSSR count). The van der Waals surface area contributed by atoms with Gasteiger partial charge in [0.05, 0.1) is 16.1 Å². The van der Waals surface area contributed by atoms with Crippen LogP contribution in [0.25, 0.3) is 17.4 Å². The molecule has 1 aliphatic heterocycles. The van der Waals surface area contributed by atoms with Crippen LogP contribution in [0, 0.1) is 0 Å². The fourth-order valence-corrected chi connectivity index (χ4v) is 4.27. The van der Waals surface area contributed by atoms with Crippen LogP contribution in [-0.4, -0.2) is 21.5 Å². The number of amides is 1. The fraction of sp³-hybridized carbons (Fsp3) is 0. The zero-order valence-corrected chi connectivity index (χ0v) is 17.9. The van der Waals surface area contributed by atoms with E-state index in [1.54, 1.807) is 42.6 Å². The summed E-state index contributed by atoms with van der Waals surface area (Å²) in [7, 11) is 0. The average molecular weight is 459 g/mol. The Morgan fingerprint density at radius 3 is 2.62 bits per heavy atom. The molecule has 1 amide bonds. The Morgan fingerprint density at radius 1 is 1.07 bits per heavy atom. The summed E-state index contributed by atoms with van der Waals surface area (Å²) in [4.78, 5) is 13.1. The molecule has 0 bridgehead atoms. The van der Waals surface area contributed by atoms with E-state index in [1.807, 2.05) is 30.3 Å². The molecule has 4 nitrogen and oxygen atoms in total. The normalized spacial score (nSPS) is 15.8. The number of rotatable bonds is 4. The molecule has 0 saturated carbocycles. The number of hydrazone groups is 1. The van der Waals surface area contributed by atoms with E-state index < -0.39 is 0 Å². The summed E-state index contributed by atoms with van der Waals surface area (Å²) in [5.74, 6) is 0.795. The van der Waals surface area contributed by atoms with Gasteiger partial charge < -0.3 is 4.42 Å². The van der Waals surface area contributed by atoms with E-state index in [9.17, 15) is 4.79 Å². The van der Waals surface area contributed by atoms with Crippen LogP contribution in [-0.2, 0) is 4.79 Å². The van der Waals surface area contributed by atoms with Crippen LogP contribution in [0.1, 0.15) is 11.3 Å². The van der Waals surface area contributed by atoms with Crippen LogP contribution < -0.4 is 0 Å². The van der Waals surface area contributed by atoms with Gasteiger partial charge in [-0.2, -0.15) is 10.1 Å². The predicted molar refractivity (Wildman–Crippen MR) is 123 cm³/mol. The monoisotopic (exact) mass is 458 g/mol. The summed E-state index contributed by atoms with van der Waals surface area (Å²) in [6, 6.07) is 18.2. The lowest BCUT2D eigenvalue weighted by molar-refractivity contribution is -0.122. The van der Waals surface area contributed by atoms with Crippen molar-refractivity contribution in [3.63, 3.8) is 0 Å². The molecule has 1 fully saturated rings. The number of benzene rings is 2. The largest absolute Gasteiger partial charge is 0.457 e. The summed E-state index contributed by atoms with van der Waals surface area (Å²) < 4.78 is 6.19. The molecule has 2 aromatic carbocycles. The molecule has 1 aliphatic rings. The third-order valence-corrected chi connectivity index (χ3v) is 5.82. The van der Waals surface area contributed by atoms with Crippen LogP contribution in [0.2, 0.25) is 10.0 Å². The van der Waals surface area contributed by atoms with Crippen molar-refractivity contribution in [1.29, 1.82) is 0 Å². The molecule has 3 aromatic rings. The third kappa shape index (κ3) is 4.46. The fourth-order valence-electron chi connectivity index (χ4n) is 2.62. The first-order chi connectivity index (χ1) is 14.0. The number of thiocarbonyl (C=S) groups is 1. The highest BCUT2D eigenvalue weighted by atomic mass is 35.5. The Bertz CT molecular complexity index is 1160. The molecule has 0 spiro atoms. The van der Waals surface area contributed by atoms with Gasteiger partial charge in [0, 0.05) is 16.7 Å². The Kier molecular flexibility index (Phi) is 5.87. The van der Waals surface area contributed by atoms with Crippen molar-refractivity contribution < 1.29 is 9.21 Å². The quantitative estimate of drug-likeness (QED) is 0.254. The number of thioether (sulfide) groups is 1. The van der Waals surface area contributed by atoms with Crippen LogP contribution in [0.15, 0.2) is 75.1 Å². The SMILES string of the molecule is O=C1/C(=C\c2ccc(-c3ccc(Cl)cc3Cl)o2)SC(=S)N1/N=C/c1ccccc1. The lowest BCUT2D eigenvalue weighted by Gasteiger charge is -2.05. The first-order valence-corrected chi connectivity index (χ1v) is 10.4. The molecular weight excluding hydrogens is 447 g/mol. The van der Waals surface area contributed by atoms with E-state index in [2.05, 4.69) is 5.10 Å². The van der Waals surface area contributed by atoms with Gasteiger partial charge in [-0.25, -0.2) is 0 Å². The van der Waals surface area contributed by atoms with Crippen molar-refractivity contribution in [3.05, 3.63) is 86.9 Å². The molecule has 2 heterocycles. The molecule has 1 aromatic heterocycles. The third-order valence-electron chi connectivity index (χ3n) is 3.99. The predicted octanol–water partition coefficient (Wildman–Crippen LogP) is 6.49. The molecule has 8 heteroatoms. The summed E-state index contributed by atoms with van der Waals surface area (Å²) >= 11 is 18.6. The highest BCUT2D eigenvalue weighted by molar-refractivity contribution is 8.26. The second kappa shape index (κ2) is 8.55. The smallest absolute Gasteiger partial charge is 0.286 e. The molecule has 0 atom stereocenters. The van der Waals surface area contributed by atoms with Gasteiger partial charge >= 0.3 is 0 Å². The van der Waals surface area contributed by atoms with Gasteiger partial charge in [0.15, 0.2) is 4.32 Å². The minimum absolute atomic E-state index is 0.297. The van der Waals surface area contributed by atoms with Crippen molar-refractivity contribution >= 4 is 69.7 Å². The standard InChI is InChI=1S/C21H12Cl2N2O2S2/c22-14-6-8-16(17(23)10-14)18-9-7-15(27-18)11-19-20(26)25(21(28)29-19)24-12-13-4-2-1-3-5-13/h1-12H/b19-11+,24-12+. The molecular formula is C21H12Cl2N2O2S2. The van der Waals surface area contributed by atoms with E-state index in [-0.39, 0.29) is 5.91 Å². The maximum Gasteiger partial charge on any atom is 0.286 e. The lowest BCUT2D eigenvalue weighted by Crippen LogP contribution is -2.22. The molecule has 144 valence electrons.